The highest BCUT2D eigenvalue weighted by Crippen LogP contribution is 2.52. The van der Waals surface area contributed by atoms with Crippen molar-refractivity contribution in [2.75, 3.05) is 13.2 Å². The Bertz CT molecular complexity index is 1670. The summed E-state index contributed by atoms with van der Waals surface area (Å²) in [5.41, 5.74) is 7.46. The predicted molar refractivity (Wildman–Crippen MR) is 149 cm³/mol. The van der Waals surface area contributed by atoms with E-state index in [9.17, 15) is 9.79 Å². The quantitative estimate of drug-likeness (QED) is 0.274. The van der Waals surface area contributed by atoms with E-state index in [1.54, 1.807) is 11.5 Å². The number of nitrogens with zero attached hydrogens (tertiary/aromatic N) is 7. The van der Waals surface area contributed by atoms with Crippen LogP contribution in [0.25, 0.3) is 16.9 Å². The molecule has 0 aromatic carbocycles. The summed E-state index contributed by atoms with van der Waals surface area (Å²) in [6.45, 7) is -3.17. The molecule has 0 radical (unpaired) electrons. The van der Waals surface area contributed by atoms with Crippen LogP contribution in [0, 0.1) is 6.92 Å². The number of nitrogens with one attached hydrogen (secondary N) is 1. The second-order valence-electron chi connectivity index (χ2n) is 9.15. The van der Waals surface area contributed by atoms with Crippen molar-refractivity contribution in [3.05, 3.63) is 36.4 Å². The van der Waals surface area contributed by atoms with Gasteiger partial charge in [0.05, 0.1) is 31.4 Å². The van der Waals surface area contributed by atoms with Gasteiger partial charge in [-0.25, -0.2) is 24.3 Å². The topological polar surface area (TPSA) is 198 Å². The summed E-state index contributed by atoms with van der Waals surface area (Å²) in [7, 11) is 0. The molecule has 0 aliphatic carbocycles. The molecule has 2 unspecified atom stereocenters. The molecular formula is C20H24FN9O7P2S2. The molecule has 3 aromatic rings. The highest BCUT2D eigenvalue weighted by molar-refractivity contribution is 8.07. The number of aromatic nitrogens is 6. The second kappa shape index (κ2) is 10.8. The van der Waals surface area contributed by atoms with Crippen LogP contribution in [0.15, 0.2) is 24.1 Å². The lowest BCUT2D eigenvalue weighted by Gasteiger charge is -2.26. The van der Waals surface area contributed by atoms with Crippen LogP contribution in [-0.2, 0) is 59.6 Å². The molecule has 0 amide bonds. The number of hydrogen-bond donors (Lipinski definition) is 4. The van der Waals surface area contributed by atoms with Crippen molar-refractivity contribution in [3.63, 3.8) is 0 Å². The molecular weight excluding hydrogens is 623 g/mol. The van der Waals surface area contributed by atoms with Crippen molar-refractivity contribution in [1.82, 2.24) is 34.4 Å². The lowest BCUT2D eigenvalue weighted by atomic mass is 10.1. The smallest absolute Gasteiger partial charge is 0.325 e. The summed E-state index contributed by atoms with van der Waals surface area (Å²) in [5, 5.41) is 2.76. The zero-order valence-electron chi connectivity index (χ0n) is 21.2. The fraction of sp³-hybridized carbons (Fsp3) is 0.450. The Balaban J connectivity index is 1.36. The number of ether oxygens (including phenoxy) is 1. The molecule has 16 nitrogen and oxygen atoms in total. The van der Waals surface area contributed by atoms with Gasteiger partial charge in [-0.3, -0.25) is 9.09 Å². The number of halogens is 1. The SMILES string of the molecule is C=C1NC(N)=Nc2c1ncn2[C@@H]1O[C@@H]2COP(O)(=S)OCCn3c(nc4cnc(C)nc43)COP(O)(=S)O[C@@H]1[C@@H]2F. The average molecular weight is 648 g/mol. The van der Waals surface area contributed by atoms with Crippen molar-refractivity contribution in [3.8, 4) is 0 Å². The van der Waals surface area contributed by atoms with E-state index in [2.05, 4.69) is 36.8 Å². The number of fused-ring (bicyclic) bond motifs is 6. The summed E-state index contributed by atoms with van der Waals surface area (Å²) in [6, 6.07) is 0. The van der Waals surface area contributed by atoms with E-state index in [0.717, 1.165) is 0 Å². The van der Waals surface area contributed by atoms with Gasteiger partial charge in [0.15, 0.2) is 29.8 Å². The Morgan fingerprint density at radius 2 is 2.00 bits per heavy atom. The van der Waals surface area contributed by atoms with Crippen LogP contribution in [0.4, 0.5) is 10.2 Å². The normalized spacial score (nSPS) is 32.9. The number of nitrogens with two attached hydrogens (primary N) is 1. The van der Waals surface area contributed by atoms with Crippen molar-refractivity contribution >= 4 is 65.7 Å². The number of rotatable bonds is 1. The molecule has 3 aliphatic heterocycles. The molecule has 220 valence electrons. The van der Waals surface area contributed by atoms with Gasteiger partial charge in [-0.15, -0.1) is 0 Å². The Morgan fingerprint density at radius 3 is 2.80 bits per heavy atom. The van der Waals surface area contributed by atoms with Crippen molar-refractivity contribution in [2.45, 2.75) is 44.7 Å². The van der Waals surface area contributed by atoms with Crippen LogP contribution in [0.1, 0.15) is 23.6 Å². The molecule has 6 atom stereocenters. The highest BCUT2D eigenvalue weighted by Gasteiger charge is 2.51. The minimum atomic E-state index is -4.12. The van der Waals surface area contributed by atoms with Crippen molar-refractivity contribution < 1.29 is 37.0 Å². The van der Waals surface area contributed by atoms with E-state index in [-0.39, 0.29) is 31.5 Å². The molecule has 1 fully saturated rings. The fourth-order valence-electron chi connectivity index (χ4n) is 4.56. The summed E-state index contributed by atoms with van der Waals surface area (Å²) in [6.07, 6.45) is -3.16. The number of hydrogen-bond acceptors (Lipinski definition) is 14. The summed E-state index contributed by atoms with van der Waals surface area (Å²) < 4.78 is 47.1. The third-order valence-corrected chi connectivity index (χ3v) is 9.52. The second-order valence-corrected chi connectivity index (χ2v) is 14.8. The van der Waals surface area contributed by atoms with Gasteiger partial charge in [0.2, 0.25) is 0 Å². The minimum Gasteiger partial charge on any atom is -0.369 e. The summed E-state index contributed by atoms with van der Waals surface area (Å²) in [5.74, 6) is 1.03. The molecule has 0 spiro atoms. The van der Waals surface area contributed by atoms with E-state index in [4.69, 9.17) is 52.2 Å². The lowest BCUT2D eigenvalue weighted by molar-refractivity contribution is -0.0474. The molecule has 2 bridgehead atoms. The van der Waals surface area contributed by atoms with Crippen molar-refractivity contribution in [1.29, 1.82) is 0 Å². The van der Waals surface area contributed by atoms with Gasteiger partial charge in [0, 0.05) is 6.54 Å². The molecule has 6 heterocycles. The molecule has 21 heteroatoms. The lowest BCUT2D eigenvalue weighted by Crippen LogP contribution is -2.33. The fourth-order valence-corrected chi connectivity index (χ4v) is 7.01. The number of aryl methyl sites for hydroxylation is 1. The van der Waals surface area contributed by atoms with E-state index in [1.165, 1.54) is 17.1 Å². The van der Waals surface area contributed by atoms with E-state index in [0.29, 0.717) is 34.2 Å². The van der Waals surface area contributed by atoms with Crippen molar-refractivity contribution in [2.24, 2.45) is 10.7 Å². The zero-order chi connectivity index (χ0) is 29.1. The Morgan fingerprint density at radius 1 is 1.20 bits per heavy atom. The van der Waals surface area contributed by atoms with E-state index < -0.39 is 44.7 Å². The summed E-state index contributed by atoms with van der Waals surface area (Å²) >= 11 is 10.4. The maximum atomic E-state index is 15.9. The third-order valence-electron chi connectivity index (χ3n) is 6.37. The van der Waals surface area contributed by atoms with Crippen LogP contribution >= 0.6 is 13.4 Å². The minimum absolute atomic E-state index is 0.0300. The van der Waals surface area contributed by atoms with Gasteiger partial charge in [-0.05, 0) is 30.5 Å². The Hall–Kier alpha value is -2.28. The molecule has 6 rings (SSSR count). The molecule has 3 aromatic heterocycles. The van der Waals surface area contributed by atoms with Crippen LogP contribution in [0.2, 0.25) is 0 Å². The third kappa shape index (κ3) is 5.72. The van der Waals surface area contributed by atoms with Gasteiger partial charge >= 0.3 is 13.4 Å². The first-order valence-electron chi connectivity index (χ1n) is 12.0. The van der Waals surface area contributed by atoms with Crippen LogP contribution < -0.4 is 11.1 Å². The van der Waals surface area contributed by atoms with Gasteiger partial charge < -0.3 is 43.7 Å². The predicted octanol–water partition coefficient (Wildman–Crippen LogP) is 1.17. The largest absolute Gasteiger partial charge is 0.369 e. The first-order valence-corrected chi connectivity index (χ1v) is 17.2. The average Bonchev–Trinajstić information content (AvgIpc) is 3.55. The van der Waals surface area contributed by atoms with E-state index >= 15 is 4.39 Å². The Kier molecular flexibility index (Phi) is 7.57. The van der Waals surface area contributed by atoms with Crippen LogP contribution in [0.3, 0.4) is 0 Å². The summed E-state index contributed by atoms with van der Waals surface area (Å²) in [4.78, 5) is 43.2. The molecule has 1 saturated heterocycles. The van der Waals surface area contributed by atoms with Gasteiger partial charge in [-0.2, -0.15) is 4.99 Å². The zero-order valence-corrected chi connectivity index (χ0v) is 24.7. The molecule has 0 saturated carbocycles. The van der Waals surface area contributed by atoms with Crippen LogP contribution in [-0.4, -0.2) is 76.4 Å². The maximum Gasteiger partial charge on any atom is 0.325 e. The molecule has 41 heavy (non-hydrogen) atoms. The monoisotopic (exact) mass is 647 g/mol. The maximum absolute atomic E-state index is 15.9. The highest BCUT2D eigenvalue weighted by atomic mass is 32.5. The number of aliphatic imine (C=N–C) groups is 1. The molecule has 3 aliphatic rings. The number of imidazole rings is 2. The first kappa shape index (κ1) is 28.8. The standard InChI is InChI=1S/C20H24FN9O7P2S2/c1-9-15-18(28-20(22)25-9)30(8-24-15)19-16-14(21)12(36-19)6-34-38(31,40)33-4-3-29-13(7-35-39(32,41)37-16)27-11-5-23-10(2)26-17(11)29/h5,8,12,14,16,19H,1,3-4,6-7H2,2H3,(H,31,40)(H,32,41)(H3,22,25,28)/t12-,14-,16-,19-,38?,39?/m1/s1. The number of alkyl halides is 1. The van der Waals surface area contributed by atoms with Gasteiger partial charge in [-0.1, -0.05) is 6.58 Å². The van der Waals surface area contributed by atoms with Crippen LogP contribution in [0.5, 0.6) is 0 Å². The molecule has 5 N–H and O–H groups in total. The van der Waals surface area contributed by atoms with Gasteiger partial charge in [0.25, 0.3) is 0 Å². The van der Waals surface area contributed by atoms with E-state index in [1.807, 2.05) is 0 Å². The van der Waals surface area contributed by atoms with Gasteiger partial charge in [0.1, 0.15) is 41.7 Å². The Labute approximate surface area is 241 Å². The first-order chi connectivity index (χ1) is 19.4. The number of guanidine groups is 1.